The van der Waals surface area contributed by atoms with Crippen LogP contribution >= 0.6 is 0 Å². The van der Waals surface area contributed by atoms with Crippen LogP contribution in [0.3, 0.4) is 0 Å². The van der Waals surface area contributed by atoms with Crippen molar-refractivity contribution < 1.29 is 0 Å². The highest BCUT2D eigenvalue weighted by atomic mass is 15.1. The third-order valence-corrected chi connectivity index (χ3v) is 2.97. The van der Waals surface area contributed by atoms with Crippen LogP contribution in [0, 0.1) is 0 Å². The first-order chi connectivity index (χ1) is 8.90. The highest BCUT2D eigenvalue weighted by Gasteiger charge is 2.08. The Morgan fingerprint density at radius 1 is 0.944 bits per heavy atom. The van der Waals surface area contributed by atoms with Crippen molar-refractivity contribution in [2.24, 2.45) is 0 Å². The monoisotopic (exact) mass is 235 g/mol. The van der Waals surface area contributed by atoms with E-state index in [1.807, 2.05) is 30.5 Å². The summed E-state index contributed by atoms with van der Waals surface area (Å²) < 4.78 is 0. The number of hydrogen-bond acceptors (Lipinski definition) is 3. The normalized spacial score (nSPS) is 11.3. The molecule has 0 aliphatic heterocycles. The van der Waals surface area contributed by atoms with Crippen LogP contribution < -0.4 is 0 Å². The van der Waals surface area contributed by atoms with Crippen molar-refractivity contribution in [2.45, 2.75) is 0 Å². The number of rotatable bonds is 1. The minimum Gasteiger partial charge on any atom is -0.307 e. The van der Waals surface area contributed by atoms with Crippen LogP contribution in [0.4, 0.5) is 0 Å². The summed E-state index contributed by atoms with van der Waals surface area (Å²) in [5, 5.41) is 7.12. The molecule has 86 valence electrons. The zero-order valence-corrected chi connectivity index (χ0v) is 9.38. The summed E-state index contributed by atoms with van der Waals surface area (Å²) in [5.74, 6) is 0.740. The second-order valence-electron chi connectivity index (χ2n) is 4.12. The highest BCUT2D eigenvalue weighted by molar-refractivity contribution is 5.93. The Morgan fingerprint density at radius 3 is 2.56 bits per heavy atom. The third-order valence-electron chi connectivity index (χ3n) is 2.97. The molecule has 0 saturated carbocycles. The first-order valence-electron chi connectivity index (χ1n) is 5.64. The van der Waals surface area contributed by atoms with Crippen molar-refractivity contribution >= 4 is 21.9 Å². The first-order valence-corrected chi connectivity index (χ1v) is 5.64. The van der Waals surface area contributed by atoms with Crippen LogP contribution in [0.25, 0.3) is 33.3 Å². The van der Waals surface area contributed by atoms with E-state index >= 15 is 0 Å². The predicted octanol–water partition coefficient (Wildman–Crippen LogP) is 2.50. The molecule has 3 heterocycles. The molecule has 0 fully saturated rings. The number of aromatic amines is 2. The largest absolute Gasteiger partial charge is 0.307 e. The lowest BCUT2D eigenvalue weighted by Gasteiger charge is -1.91. The molecule has 2 N–H and O–H groups in total. The number of nitrogens with zero attached hydrogens (tertiary/aromatic N) is 3. The predicted molar refractivity (Wildman–Crippen MR) is 69.0 cm³/mol. The van der Waals surface area contributed by atoms with Gasteiger partial charge in [0.1, 0.15) is 0 Å². The Balaban J connectivity index is 1.98. The number of aromatic nitrogens is 5. The van der Waals surface area contributed by atoms with Gasteiger partial charge in [-0.3, -0.25) is 4.98 Å². The number of benzene rings is 1. The fourth-order valence-corrected chi connectivity index (χ4v) is 2.07. The lowest BCUT2D eigenvalue weighted by Crippen LogP contribution is -1.79. The summed E-state index contributed by atoms with van der Waals surface area (Å²) in [6.45, 7) is 0. The van der Waals surface area contributed by atoms with Crippen molar-refractivity contribution in [1.29, 1.82) is 0 Å². The van der Waals surface area contributed by atoms with Crippen molar-refractivity contribution in [2.75, 3.05) is 0 Å². The molecule has 0 bridgehead atoms. The molecule has 0 atom stereocenters. The Kier molecular flexibility index (Phi) is 1.77. The van der Waals surface area contributed by atoms with E-state index < -0.39 is 0 Å². The van der Waals surface area contributed by atoms with Crippen LogP contribution in [0.1, 0.15) is 0 Å². The van der Waals surface area contributed by atoms with Crippen LogP contribution in [0.2, 0.25) is 0 Å². The molecule has 0 saturated heterocycles. The molecular weight excluding hydrogens is 226 g/mol. The van der Waals surface area contributed by atoms with E-state index in [4.69, 9.17) is 0 Å². The van der Waals surface area contributed by atoms with E-state index in [-0.39, 0.29) is 0 Å². The summed E-state index contributed by atoms with van der Waals surface area (Å²) >= 11 is 0. The second-order valence-corrected chi connectivity index (χ2v) is 4.12. The van der Waals surface area contributed by atoms with E-state index in [0.29, 0.717) is 0 Å². The van der Waals surface area contributed by atoms with Gasteiger partial charge in [0, 0.05) is 29.5 Å². The molecule has 4 rings (SSSR count). The van der Waals surface area contributed by atoms with E-state index in [9.17, 15) is 0 Å². The van der Waals surface area contributed by atoms with Crippen molar-refractivity contribution in [3.8, 4) is 11.4 Å². The Bertz CT molecular complexity index is 780. The lowest BCUT2D eigenvalue weighted by atomic mass is 10.2. The molecule has 0 radical (unpaired) electrons. The Morgan fingerprint density at radius 2 is 1.72 bits per heavy atom. The molecule has 5 nitrogen and oxygen atoms in total. The second kappa shape index (κ2) is 3.40. The van der Waals surface area contributed by atoms with Gasteiger partial charge in [0.2, 0.25) is 0 Å². The number of imidazole rings is 1. The van der Waals surface area contributed by atoms with Gasteiger partial charge in [-0.2, -0.15) is 0 Å². The Labute approximate surface area is 102 Å². The van der Waals surface area contributed by atoms with Crippen molar-refractivity contribution in [3.63, 3.8) is 0 Å². The van der Waals surface area contributed by atoms with Crippen molar-refractivity contribution in [3.05, 3.63) is 42.9 Å². The zero-order valence-electron chi connectivity index (χ0n) is 9.38. The van der Waals surface area contributed by atoms with E-state index in [2.05, 4.69) is 25.1 Å². The summed E-state index contributed by atoms with van der Waals surface area (Å²) in [4.78, 5) is 13.1. The van der Waals surface area contributed by atoms with E-state index in [0.717, 1.165) is 33.3 Å². The summed E-state index contributed by atoms with van der Waals surface area (Å²) in [6.07, 6.45) is 5.40. The Hall–Kier alpha value is -2.69. The standard InChI is InChI=1S/C13H9N5/c1-3-14-4-2-8(1)13-16-11-5-9-7-15-18-10(9)6-12(11)17-13/h1-7,15,18H. The highest BCUT2D eigenvalue weighted by Crippen LogP contribution is 2.23. The molecule has 4 aromatic rings. The van der Waals surface area contributed by atoms with Gasteiger partial charge in [0.05, 0.1) is 16.6 Å². The van der Waals surface area contributed by atoms with Gasteiger partial charge in [-0.05, 0) is 24.3 Å². The van der Waals surface area contributed by atoms with Crippen LogP contribution in [0.15, 0.2) is 42.9 Å². The fraction of sp³-hybridized carbons (Fsp3) is 0. The lowest BCUT2D eigenvalue weighted by molar-refractivity contribution is 1.12. The smallest absolute Gasteiger partial charge is 0.160 e. The minimum absolute atomic E-state index is 0.740. The van der Waals surface area contributed by atoms with Crippen LogP contribution in [-0.4, -0.2) is 25.1 Å². The summed E-state index contributed by atoms with van der Waals surface area (Å²) in [7, 11) is 0. The molecule has 0 aliphatic carbocycles. The molecule has 0 unspecified atom stereocenters. The number of nitrogens with one attached hydrogen (secondary N) is 2. The average Bonchev–Trinajstić information content (AvgIpc) is 3.01. The first kappa shape index (κ1) is 9.35. The molecule has 5 heteroatoms. The number of fused-ring (bicyclic) bond motifs is 2. The molecule has 0 amide bonds. The maximum absolute atomic E-state index is 4.55. The number of H-pyrrole nitrogens is 2. The number of hydrogen-bond donors (Lipinski definition) is 2. The molecule has 0 aliphatic rings. The minimum atomic E-state index is 0.740. The van der Waals surface area contributed by atoms with Crippen LogP contribution in [0.5, 0.6) is 0 Å². The maximum Gasteiger partial charge on any atom is 0.160 e. The zero-order chi connectivity index (χ0) is 11.9. The van der Waals surface area contributed by atoms with E-state index in [1.54, 1.807) is 12.4 Å². The SMILES string of the molecule is c1cc(-c2nc3cc4c[nH][nH]c4cc3n2)ccn1. The van der Waals surface area contributed by atoms with Gasteiger partial charge in [-0.1, -0.05) is 0 Å². The summed E-state index contributed by atoms with van der Waals surface area (Å²) in [5.41, 5.74) is 3.81. The molecular formula is C13H9N5. The molecule has 1 aromatic carbocycles. The average molecular weight is 235 g/mol. The molecule has 3 aromatic heterocycles. The van der Waals surface area contributed by atoms with Gasteiger partial charge in [-0.25, -0.2) is 9.97 Å². The van der Waals surface area contributed by atoms with Gasteiger partial charge < -0.3 is 10.2 Å². The molecule has 0 spiro atoms. The number of pyridine rings is 1. The summed E-state index contributed by atoms with van der Waals surface area (Å²) in [6, 6.07) is 7.84. The van der Waals surface area contributed by atoms with Gasteiger partial charge in [-0.15, -0.1) is 0 Å². The van der Waals surface area contributed by atoms with Crippen molar-refractivity contribution in [1.82, 2.24) is 25.1 Å². The molecule has 18 heavy (non-hydrogen) atoms. The van der Waals surface area contributed by atoms with Gasteiger partial charge in [0.15, 0.2) is 5.82 Å². The van der Waals surface area contributed by atoms with E-state index in [1.165, 1.54) is 0 Å². The van der Waals surface area contributed by atoms with Gasteiger partial charge in [0.25, 0.3) is 0 Å². The van der Waals surface area contributed by atoms with Crippen LogP contribution in [-0.2, 0) is 0 Å². The third kappa shape index (κ3) is 1.31. The quantitative estimate of drug-likeness (QED) is 0.532. The fourth-order valence-electron chi connectivity index (χ4n) is 2.07. The maximum atomic E-state index is 4.55. The van der Waals surface area contributed by atoms with Gasteiger partial charge >= 0.3 is 0 Å². The topological polar surface area (TPSA) is 70.2 Å².